The van der Waals surface area contributed by atoms with Crippen LogP contribution in [0.2, 0.25) is 0 Å². The highest BCUT2D eigenvalue weighted by molar-refractivity contribution is 5.97. The van der Waals surface area contributed by atoms with Gasteiger partial charge in [0.25, 0.3) is 0 Å². The number of aromatic nitrogens is 3. The van der Waals surface area contributed by atoms with E-state index in [1.165, 1.54) is 12.5 Å². The molecule has 17 heteroatoms. The zero-order valence-corrected chi connectivity index (χ0v) is 35.3. The van der Waals surface area contributed by atoms with Gasteiger partial charge in [0, 0.05) is 54.7 Å². The van der Waals surface area contributed by atoms with Crippen molar-refractivity contribution >= 4 is 46.4 Å². The molecule has 1 aliphatic rings. The molecule has 7 rings (SSSR count). The Kier molecular flexibility index (Phi) is 15.3. The highest BCUT2D eigenvalue weighted by Crippen LogP contribution is 2.20. The van der Waals surface area contributed by atoms with Gasteiger partial charge < -0.3 is 51.1 Å². The fourth-order valence-electron chi connectivity index (χ4n) is 7.37. The first-order valence-electron chi connectivity index (χ1n) is 21.2. The van der Waals surface area contributed by atoms with Crippen molar-refractivity contribution in [2.75, 3.05) is 6.61 Å². The average Bonchev–Trinajstić information content (AvgIpc) is 4.12. The summed E-state index contributed by atoms with van der Waals surface area (Å²) in [5, 5.41) is 24.6. The zero-order valence-electron chi connectivity index (χ0n) is 35.3. The Hall–Kier alpha value is -7.79. The Morgan fingerprint density at radius 3 is 1.97 bits per heavy atom. The minimum atomic E-state index is -1.57. The number of hydrogen-bond donors (Lipinski definition) is 8. The van der Waals surface area contributed by atoms with Crippen LogP contribution < -0.4 is 31.3 Å². The summed E-state index contributed by atoms with van der Waals surface area (Å²) in [4.78, 5) is 91.3. The number of esters is 1. The third-order valence-electron chi connectivity index (χ3n) is 10.9. The molecule has 0 spiro atoms. The van der Waals surface area contributed by atoms with Crippen LogP contribution in [0.1, 0.15) is 40.8 Å². The fraction of sp³-hybridized carbons (Fsp3) is 0.271. The van der Waals surface area contributed by atoms with E-state index in [9.17, 15) is 33.9 Å². The van der Waals surface area contributed by atoms with Crippen molar-refractivity contribution in [3.8, 4) is 5.75 Å². The lowest BCUT2D eigenvalue weighted by Crippen LogP contribution is -2.60. The van der Waals surface area contributed by atoms with Crippen molar-refractivity contribution in [2.24, 2.45) is 0 Å². The van der Waals surface area contributed by atoms with Crippen LogP contribution in [0.4, 0.5) is 0 Å². The number of aliphatic hydroxyl groups excluding tert-OH is 1. The number of carbonyl (C=O) groups is 6. The number of hydrogen-bond acceptors (Lipinski definition) is 10. The average molecular weight is 883 g/mol. The van der Waals surface area contributed by atoms with Crippen molar-refractivity contribution in [3.63, 3.8) is 0 Å². The standard InChI is InChI=1S/C48H50N8O9/c57-26-42(47(62)55-41(48(63)65-28-32-11-5-2-6-12-32)21-30-15-17-35(18-16-30)64-27-31-9-3-1-4-10-31)56-45(60)39(22-33-24-50-37-14-8-7-13-36(33)37)53-46(61)40(23-34-25-49-29-51-34)54-44(59)38-19-20-43(58)52-38/h1-18,24-25,29,38-42,50,57H,19-23,26-28H2,(H,49,51)(H,52,58)(H,53,61)(H,54,59)(H,55,62)(H,56,60)/t38-,39-,40-,41-,42-/m0/s1. The molecule has 5 atom stereocenters. The van der Waals surface area contributed by atoms with E-state index >= 15 is 0 Å². The number of carbonyl (C=O) groups excluding carboxylic acids is 6. The van der Waals surface area contributed by atoms with Gasteiger partial charge in [-0.05, 0) is 46.9 Å². The van der Waals surface area contributed by atoms with Crippen molar-refractivity contribution in [1.29, 1.82) is 0 Å². The van der Waals surface area contributed by atoms with Gasteiger partial charge in [-0.1, -0.05) is 91.0 Å². The molecular formula is C48H50N8O9. The van der Waals surface area contributed by atoms with Crippen LogP contribution in [0.3, 0.4) is 0 Å². The third-order valence-corrected chi connectivity index (χ3v) is 10.9. The number of nitrogens with one attached hydrogen (secondary N) is 7. The molecule has 1 aliphatic heterocycles. The van der Waals surface area contributed by atoms with Crippen LogP contribution >= 0.6 is 0 Å². The molecule has 2 aromatic heterocycles. The third kappa shape index (κ3) is 12.7. The Balaban J connectivity index is 1.07. The predicted molar refractivity (Wildman–Crippen MR) is 237 cm³/mol. The Bertz CT molecular complexity index is 2550. The van der Waals surface area contributed by atoms with Gasteiger partial charge >= 0.3 is 5.97 Å². The molecule has 65 heavy (non-hydrogen) atoms. The molecule has 1 saturated heterocycles. The minimum absolute atomic E-state index is 0.00233. The van der Waals surface area contributed by atoms with Gasteiger partial charge in [0.05, 0.1) is 12.9 Å². The number of amides is 5. The molecule has 8 N–H and O–H groups in total. The molecule has 1 fully saturated rings. The van der Waals surface area contributed by atoms with E-state index in [1.807, 2.05) is 60.7 Å². The predicted octanol–water partition coefficient (Wildman–Crippen LogP) is 2.45. The number of aliphatic hydroxyl groups is 1. The van der Waals surface area contributed by atoms with Crippen LogP contribution in [0.15, 0.2) is 128 Å². The van der Waals surface area contributed by atoms with Crippen molar-refractivity contribution in [3.05, 3.63) is 156 Å². The first-order chi connectivity index (χ1) is 31.6. The summed E-state index contributed by atoms with van der Waals surface area (Å²) >= 11 is 0. The number of aromatic amines is 2. The number of imidazole rings is 1. The van der Waals surface area contributed by atoms with Gasteiger partial charge in [-0.25, -0.2) is 9.78 Å². The van der Waals surface area contributed by atoms with E-state index in [2.05, 4.69) is 41.5 Å². The van der Waals surface area contributed by atoms with Gasteiger partial charge in [-0.15, -0.1) is 0 Å². The van der Waals surface area contributed by atoms with Gasteiger partial charge in [0.1, 0.15) is 49.2 Å². The number of rotatable bonds is 21. The van der Waals surface area contributed by atoms with Gasteiger partial charge in [0.15, 0.2) is 0 Å². The number of ether oxygens (including phenoxy) is 2. The Labute approximate surface area is 374 Å². The fourth-order valence-corrected chi connectivity index (χ4v) is 7.37. The van der Waals surface area contributed by atoms with Crippen LogP contribution in [0.25, 0.3) is 10.9 Å². The second kappa shape index (κ2) is 22.0. The van der Waals surface area contributed by atoms with Crippen LogP contribution in [-0.4, -0.2) is 92.4 Å². The number of fused-ring (bicyclic) bond motifs is 1. The summed E-state index contributed by atoms with van der Waals surface area (Å²) in [5.41, 5.74) is 4.34. The summed E-state index contributed by atoms with van der Waals surface area (Å²) in [5.74, 6) is -3.46. The minimum Gasteiger partial charge on any atom is -0.489 e. The van der Waals surface area contributed by atoms with Crippen molar-refractivity contribution in [2.45, 2.75) is 75.5 Å². The van der Waals surface area contributed by atoms with E-state index in [1.54, 1.807) is 54.7 Å². The lowest BCUT2D eigenvalue weighted by atomic mass is 10.0. The Morgan fingerprint density at radius 1 is 0.677 bits per heavy atom. The molecule has 0 radical (unpaired) electrons. The lowest BCUT2D eigenvalue weighted by Gasteiger charge is -2.26. The number of para-hydroxylation sites is 1. The summed E-state index contributed by atoms with van der Waals surface area (Å²) in [6, 6.07) is 26.9. The number of H-pyrrole nitrogens is 2. The van der Waals surface area contributed by atoms with E-state index < -0.39 is 66.4 Å². The summed E-state index contributed by atoms with van der Waals surface area (Å²) in [6.07, 6.45) is 4.92. The van der Waals surface area contributed by atoms with E-state index in [-0.39, 0.29) is 44.6 Å². The molecule has 336 valence electrons. The van der Waals surface area contributed by atoms with E-state index in [4.69, 9.17) is 9.47 Å². The molecule has 6 aromatic rings. The molecule has 0 saturated carbocycles. The SMILES string of the molecule is O=C1CC[C@@H](C(=O)N[C@@H](Cc2cnc[nH]2)C(=O)N[C@@H](Cc2c[nH]c3ccccc23)C(=O)N[C@@H](CO)C(=O)N[C@@H](Cc2ccc(OCc3ccccc3)cc2)C(=O)OCc2ccccc2)N1. The highest BCUT2D eigenvalue weighted by atomic mass is 16.5. The second-order valence-electron chi connectivity index (χ2n) is 15.6. The van der Waals surface area contributed by atoms with Crippen molar-refractivity contribution < 1.29 is 43.3 Å². The summed E-state index contributed by atoms with van der Waals surface area (Å²) in [7, 11) is 0. The second-order valence-corrected chi connectivity index (χ2v) is 15.6. The first kappa shape index (κ1) is 45.2. The molecule has 5 amide bonds. The topological polar surface area (TPSA) is 246 Å². The normalized spacial score (nSPS) is 15.2. The molecule has 0 aliphatic carbocycles. The molecular weight excluding hydrogens is 833 g/mol. The maximum atomic E-state index is 14.3. The summed E-state index contributed by atoms with van der Waals surface area (Å²) < 4.78 is 11.6. The molecule has 17 nitrogen and oxygen atoms in total. The first-order valence-corrected chi connectivity index (χ1v) is 21.2. The van der Waals surface area contributed by atoms with Gasteiger partial charge in [-0.3, -0.25) is 24.0 Å². The maximum Gasteiger partial charge on any atom is 0.329 e. The summed E-state index contributed by atoms with van der Waals surface area (Å²) in [6.45, 7) is -0.574. The molecule has 0 unspecified atom stereocenters. The zero-order chi connectivity index (χ0) is 45.5. The maximum absolute atomic E-state index is 14.3. The lowest BCUT2D eigenvalue weighted by molar-refractivity contribution is -0.149. The van der Waals surface area contributed by atoms with Crippen LogP contribution in [0, 0.1) is 0 Å². The number of benzene rings is 4. The highest BCUT2D eigenvalue weighted by Gasteiger charge is 2.34. The van der Waals surface area contributed by atoms with Crippen LogP contribution in [0.5, 0.6) is 5.75 Å². The number of nitrogens with zero attached hydrogens (tertiary/aromatic N) is 1. The molecule has 4 aromatic carbocycles. The van der Waals surface area contributed by atoms with Gasteiger partial charge in [0.2, 0.25) is 29.5 Å². The van der Waals surface area contributed by atoms with Crippen LogP contribution in [-0.2, 0) is 66.0 Å². The molecule has 0 bridgehead atoms. The van der Waals surface area contributed by atoms with Gasteiger partial charge in [-0.2, -0.15) is 0 Å². The quantitative estimate of drug-likeness (QED) is 0.0491. The monoisotopic (exact) mass is 882 g/mol. The Morgan fingerprint density at radius 2 is 1.31 bits per heavy atom. The smallest absolute Gasteiger partial charge is 0.329 e. The van der Waals surface area contributed by atoms with E-state index in [0.717, 1.165) is 22.0 Å². The largest absolute Gasteiger partial charge is 0.489 e. The molecule has 3 heterocycles. The van der Waals surface area contributed by atoms with E-state index in [0.29, 0.717) is 29.2 Å². The van der Waals surface area contributed by atoms with Crippen molar-refractivity contribution in [1.82, 2.24) is 41.5 Å².